The van der Waals surface area contributed by atoms with Crippen LogP contribution < -0.4 is 15.2 Å². The highest BCUT2D eigenvalue weighted by atomic mass is 19.1. The molecule has 0 saturated carbocycles. The average molecular weight is 241 g/mol. The highest BCUT2D eigenvalue weighted by Gasteiger charge is 2.07. The molecule has 17 heavy (non-hydrogen) atoms. The molecule has 3 nitrogen and oxygen atoms in total. The molecule has 0 aliphatic heterocycles. The Hall–Kier alpha value is -1.29. The Labute approximate surface area is 102 Å². The highest BCUT2D eigenvalue weighted by Crippen LogP contribution is 2.28. The van der Waals surface area contributed by atoms with Gasteiger partial charge in [-0.3, -0.25) is 0 Å². The molecule has 1 aromatic carbocycles. The molecule has 1 atom stereocenters. The number of halogens is 1. The van der Waals surface area contributed by atoms with E-state index in [1.807, 2.05) is 26.0 Å². The first kappa shape index (κ1) is 13.8. The molecule has 0 heterocycles. The monoisotopic (exact) mass is 241 g/mol. The largest absolute Gasteiger partial charge is 0.490 e. The van der Waals surface area contributed by atoms with Gasteiger partial charge in [-0.25, -0.2) is 4.39 Å². The Morgan fingerprint density at radius 2 is 2.06 bits per heavy atom. The van der Waals surface area contributed by atoms with Gasteiger partial charge in [0.05, 0.1) is 6.61 Å². The molecule has 1 unspecified atom stereocenters. The van der Waals surface area contributed by atoms with Gasteiger partial charge in [-0.15, -0.1) is 0 Å². The SMILES string of the molecule is CCOc1cc(CC(C)N)ccc1OCCF. The van der Waals surface area contributed by atoms with Crippen LogP contribution in [0, 0.1) is 0 Å². The molecule has 1 aromatic rings. The number of ether oxygens (including phenoxy) is 2. The fourth-order valence-corrected chi connectivity index (χ4v) is 1.59. The fraction of sp³-hybridized carbons (Fsp3) is 0.538. The van der Waals surface area contributed by atoms with Crippen molar-refractivity contribution >= 4 is 0 Å². The third-order valence-corrected chi connectivity index (χ3v) is 2.20. The lowest BCUT2D eigenvalue weighted by Crippen LogP contribution is -2.17. The molecule has 4 heteroatoms. The summed E-state index contributed by atoms with van der Waals surface area (Å²) in [5.74, 6) is 1.23. The lowest BCUT2D eigenvalue weighted by molar-refractivity contribution is 0.251. The van der Waals surface area contributed by atoms with Gasteiger partial charge in [-0.2, -0.15) is 0 Å². The molecule has 0 amide bonds. The van der Waals surface area contributed by atoms with Crippen LogP contribution in [0.1, 0.15) is 19.4 Å². The Bertz CT molecular complexity index is 342. The van der Waals surface area contributed by atoms with Crippen LogP contribution in [0.5, 0.6) is 11.5 Å². The summed E-state index contributed by atoms with van der Waals surface area (Å²) in [4.78, 5) is 0. The Morgan fingerprint density at radius 3 is 2.65 bits per heavy atom. The molecular formula is C13H20FNO2. The summed E-state index contributed by atoms with van der Waals surface area (Å²) in [7, 11) is 0. The number of nitrogens with two attached hydrogens (primary N) is 1. The van der Waals surface area contributed by atoms with E-state index in [-0.39, 0.29) is 12.6 Å². The van der Waals surface area contributed by atoms with Crippen LogP contribution >= 0.6 is 0 Å². The van der Waals surface area contributed by atoms with Crippen molar-refractivity contribution in [2.75, 3.05) is 19.9 Å². The van der Waals surface area contributed by atoms with Crippen molar-refractivity contribution in [2.24, 2.45) is 5.73 Å². The third-order valence-electron chi connectivity index (χ3n) is 2.20. The molecule has 0 spiro atoms. The van der Waals surface area contributed by atoms with E-state index >= 15 is 0 Å². The van der Waals surface area contributed by atoms with Crippen molar-refractivity contribution in [2.45, 2.75) is 26.3 Å². The van der Waals surface area contributed by atoms with Crippen molar-refractivity contribution in [3.63, 3.8) is 0 Å². The maximum absolute atomic E-state index is 12.1. The third kappa shape index (κ3) is 4.61. The lowest BCUT2D eigenvalue weighted by atomic mass is 10.1. The average Bonchev–Trinajstić information content (AvgIpc) is 2.28. The van der Waals surface area contributed by atoms with Crippen LogP contribution in [0.4, 0.5) is 4.39 Å². The Kier molecular flexibility index (Phi) is 5.77. The molecule has 2 N–H and O–H groups in total. The predicted octanol–water partition coefficient (Wildman–Crippen LogP) is 2.32. The number of benzene rings is 1. The highest BCUT2D eigenvalue weighted by molar-refractivity contribution is 5.43. The number of rotatable bonds is 7. The summed E-state index contributed by atoms with van der Waals surface area (Å²) in [5.41, 5.74) is 6.84. The summed E-state index contributed by atoms with van der Waals surface area (Å²) < 4.78 is 22.8. The van der Waals surface area contributed by atoms with Gasteiger partial charge in [0, 0.05) is 6.04 Å². The van der Waals surface area contributed by atoms with Gasteiger partial charge in [0.2, 0.25) is 0 Å². The maximum atomic E-state index is 12.1. The zero-order valence-electron chi connectivity index (χ0n) is 10.4. The summed E-state index contributed by atoms with van der Waals surface area (Å²) in [6.45, 7) is 3.94. The van der Waals surface area contributed by atoms with Gasteiger partial charge in [-0.1, -0.05) is 6.07 Å². The second kappa shape index (κ2) is 7.12. The minimum Gasteiger partial charge on any atom is -0.490 e. The van der Waals surface area contributed by atoms with Crippen LogP contribution in [0.3, 0.4) is 0 Å². The van der Waals surface area contributed by atoms with Crippen molar-refractivity contribution < 1.29 is 13.9 Å². The molecule has 1 rings (SSSR count). The van der Waals surface area contributed by atoms with Crippen LogP contribution in [-0.4, -0.2) is 25.9 Å². The van der Waals surface area contributed by atoms with E-state index in [1.54, 1.807) is 6.07 Å². The van der Waals surface area contributed by atoms with Gasteiger partial charge in [-0.05, 0) is 38.0 Å². The van der Waals surface area contributed by atoms with E-state index in [1.165, 1.54) is 0 Å². The Balaban J connectivity index is 2.83. The smallest absolute Gasteiger partial charge is 0.161 e. The fourth-order valence-electron chi connectivity index (χ4n) is 1.59. The molecule has 0 aliphatic carbocycles. The first-order valence-corrected chi connectivity index (χ1v) is 5.87. The van der Waals surface area contributed by atoms with Crippen molar-refractivity contribution in [3.8, 4) is 11.5 Å². The van der Waals surface area contributed by atoms with Crippen LogP contribution in [0.25, 0.3) is 0 Å². The number of alkyl halides is 1. The molecular weight excluding hydrogens is 221 g/mol. The van der Waals surface area contributed by atoms with Crippen molar-refractivity contribution in [3.05, 3.63) is 23.8 Å². The molecule has 0 saturated heterocycles. The molecule has 0 aromatic heterocycles. The van der Waals surface area contributed by atoms with E-state index in [0.717, 1.165) is 12.0 Å². The second-order valence-electron chi connectivity index (χ2n) is 3.93. The summed E-state index contributed by atoms with van der Waals surface area (Å²) in [6.07, 6.45) is 0.781. The zero-order valence-corrected chi connectivity index (χ0v) is 10.4. The van der Waals surface area contributed by atoms with Gasteiger partial charge < -0.3 is 15.2 Å². The van der Waals surface area contributed by atoms with Crippen LogP contribution in [0.15, 0.2) is 18.2 Å². The van der Waals surface area contributed by atoms with Gasteiger partial charge in [0.1, 0.15) is 13.3 Å². The summed E-state index contributed by atoms with van der Waals surface area (Å²) in [6, 6.07) is 5.74. The first-order chi connectivity index (χ1) is 8.17. The number of hydrogen-bond acceptors (Lipinski definition) is 3. The predicted molar refractivity (Wildman–Crippen MR) is 66.4 cm³/mol. The quantitative estimate of drug-likeness (QED) is 0.796. The molecule has 96 valence electrons. The van der Waals surface area contributed by atoms with Gasteiger partial charge >= 0.3 is 0 Å². The Morgan fingerprint density at radius 1 is 1.29 bits per heavy atom. The van der Waals surface area contributed by atoms with E-state index < -0.39 is 6.67 Å². The lowest BCUT2D eigenvalue weighted by Gasteiger charge is -2.13. The topological polar surface area (TPSA) is 44.5 Å². The van der Waals surface area contributed by atoms with Gasteiger partial charge in [0.25, 0.3) is 0 Å². The second-order valence-corrected chi connectivity index (χ2v) is 3.93. The minimum absolute atomic E-state index is 0.0483. The minimum atomic E-state index is -0.507. The standard InChI is InChI=1S/C13H20FNO2/c1-3-16-13-9-11(8-10(2)15)4-5-12(13)17-7-6-14/h4-5,9-10H,3,6-8,15H2,1-2H3. The number of hydrogen-bond donors (Lipinski definition) is 1. The molecule has 0 radical (unpaired) electrons. The molecule has 0 bridgehead atoms. The summed E-state index contributed by atoms with van der Waals surface area (Å²) in [5, 5.41) is 0. The molecule has 0 aliphatic rings. The van der Waals surface area contributed by atoms with Crippen LogP contribution in [-0.2, 0) is 6.42 Å². The maximum Gasteiger partial charge on any atom is 0.161 e. The zero-order chi connectivity index (χ0) is 12.7. The van der Waals surface area contributed by atoms with E-state index in [2.05, 4.69) is 0 Å². The molecule has 0 fully saturated rings. The van der Waals surface area contributed by atoms with Crippen LogP contribution in [0.2, 0.25) is 0 Å². The summed E-state index contributed by atoms with van der Waals surface area (Å²) >= 11 is 0. The van der Waals surface area contributed by atoms with E-state index in [4.69, 9.17) is 15.2 Å². The normalized spacial score (nSPS) is 12.2. The van der Waals surface area contributed by atoms with E-state index in [9.17, 15) is 4.39 Å². The van der Waals surface area contributed by atoms with Crippen molar-refractivity contribution in [1.82, 2.24) is 0 Å². The van der Waals surface area contributed by atoms with Crippen molar-refractivity contribution in [1.29, 1.82) is 0 Å². The van der Waals surface area contributed by atoms with E-state index in [0.29, 0.717) is 18.1 Å². The first-order valence-electron chi connectivity index (χ1n) is 5.87. The van der Waals surface area contributed by atoms with Gasteiger partial charge in [0.15, 0.2) is 11.5 Å².